The zero-order valence-electron chi connectivity index (χ0n) is 11.1. The first-order valence-electron chi connectivity index (χ1n) is 6.27. The Hall–Kier alpha value is -1.67. The molecule has 8 heteroatoms. The number of aryl methyl sites for hydroxylation is 2. The normalized spacial score (nSPS) is 19.4. The number of anilines is 1. The molecular formula is C11H18N4O4. The van der Waals surface area contributed by atoms with Crippen molar-refractivity contribution in [3.8, 4) is 0 Å². The quantitative estimate of drug-likeness (QED) is 0.626. The second-order valence-electron chi connectivity index (χ2n) is 4.33. The van der Waals surface area contributed by atoms with Crippen molar-refractivity contribution < 1.29 is 14.4 Å². The van der Waals surface area contributed by atoms with Crippen LogP contribution in [0.1, 0.15) is 12.6 Å². The monoisotopic (exact) mass is 270 g/mol. The van der Waals surface area contributed by atoms with Crippen LogP contribution >= 0.6 is 0 Å². The van der Waals surface area contributed by atoms with Crippen molar-refractivity contribution in [1.29, 1.82) is 0 Å². The van der Waals surface area contributed by atoms with Gasteiger partial charge in [0, 0.05) is 13.6 Å². The maximum absolute atomic E-state index is 11.1. The van der Waals surface area contributed by atoms with E-state index in [1.807, 2.05) is 6.92 Å². The molecule has 1 fully saturated rings. The Bertz CT molecular complexity index is 454. The van der Waals surface area contributed by atoms with Gasteiger partial charge in [-0.15, -0.1) is 0 Å². The summed E-state index contributed by atoms with van der Waals surface area (Å²) in [6.07, 6.45) is 0.433. The van der Waals surface area contributed by atoms with Gasteiger partial charge in [0.05, 0.1) is 30.8 Å². The average molecular weight is 270 g/mol. The predicted molar refractivity (Wildman–Crippen MR) is 68.3 cm³/mol. The fourth-order valence-corrected chi connectivity index (χ4v) is 2.06. The molecule has 0 bridgehead atoms. The summed E-state index contributed by atoms with van der Waals surface area (Å²) in [6.45, 7) is 3.96. The van der Waals surface area contributed by atoms with Crippen LogP contribution < -0.4 is 5.32 Å². The van der Waals surface area contributed by atoms with E-state index < -0.39 is 4.92 Å². The van der Waals surface area contributed by atoms with Crippen molar-refractivity contribution in [3.05, 3.63) is 15.8 Å². The molecule has 19 heavy (non-hydrogen) atoms. The standard InChI is InChI=1S/C11H18N4O4/c1-3-9-10(15(16)17)11(14(2)13-9)12-6-8-7-18-4-5-19-8/h8,12H,3-7H2,1-2H3. The van der Waals surface area contributed by atoms with Crippen LogP contribution in [-0.4, -0.2) is 47.2 Å². The zero-order chi connectivity index (χ0) is 13.8. The summed E-state index contributed by atoms with van der Waals surface area (Å²) in [4.78, 5) is 10.7. The molecule has 0 radical (unpaired) electrons. The lowest BCUT2D eigenvalue weighted by molar-refractivity contribution is -0.384. The molecule has 1 atom stereocenters. The number of nitrogens with zero attached hydrogens (tertiary/aromatic N) is 3. The van der Waals surface area contributed by atoms with E-state index in [9.17, 15) is 10.1 Å². The first-order valence-corrected chi connectivity index (χ1v) is 6.27. The second-order valence-corrected chi connectivity index (χ2v) is 4.33. The molecule has 106 valence electrons. The highest BCUT2D eigenvalue weighted by Crippen LogP contribution is 2.28. The number of hydrogen-bond donors (Lipinski definition) is 1. The van der Waals surface area contributed by atoms with Gasteiger partial charge in [0.1, 0.15) is 5.69 Å². The van der Waals surface area contributed by atoms with Crippen LogP contribution in [0.5, 0.6) is 0 Å². The van der Waals surface area contributed by atoms with Gasteiger partial charge in [-0.2, -0.15) is 5.10 Å². The van der Waals surface area contributed by atoms with Crippen molar-refractivity contribution in [2.75, 3.05) is 31.7 Å². The third-order valence-electron chi connectivity index (χ3n) is 2.99. The van der Waals surface area contributed by atoms with E-state index in [4.69, 9.17) is 9.47 Å². The molecule has 0 aromatic carbocycles. The Labute approximate surface area is 110 Å². The molecule has 1 unspecified atom stereocenters. The van der Waals surface area contributed by atoms with E-state index in [-0.39, 0.29) is 11.8 Å². The number of nitro groups is 1. The molecule has 1 aromatic rings. The number of hydrogen-bond acceptors (Lipinski definition) is 6. The molecule has 1 aromatic heterocycles. The summed E-state index contributed by atoms with van der Waals surface area (Å²) in [7, 11) is 1.69. The van der Waals surface area contributed by atoms with Gasteiger partial charge in [0.2, 0.25) is 5.82 Å². The lowest BCUT2D eigenvalue weighted by atomic mass is 10.3. The van der Waals surface area contributed by atoms with Crippen LogP contribution in [0.3, 0.4) is 0 Å². The molecule has 1 N–H and O–H groups in total. The second kappa shape index (κ2) is 5.98. The van der Waals surface area contributed by atoms with Gasteiger partial charge in [0.25, 0.3) is 0 Å². The topological polar surface area (TPSA) is 91.5 Å². The van der Waals surface area contributed by atoms with Crippen LogP contribution in [0, 0.1) is 10.1 Å². The third kappa shape index (κ3) is 3.02. The first kappa shape index (κ1) is 13.8. The van der Waals surface area contributed by atoms with Crippen LogP contribution in [0.15, 0.2) is 0 Å². The lowest BCUT2D eigenvalue weighted by Crippen LogP contribution is -2.34. The van der Waals surface area contributed by atoms with Gasteiger partial charge >= 0.3 is 5.69 Å². The van der Waals surface area contributed by atoms with Crippen molar-refractivity contribution in [2.24, 2.45) is 7.05 Å². The number of aromatic nitrogens is 2. The predicted octanol–water partition coefficient (Wildman–Crippen LogP) is 0.718. The highest BCUT2D eigenvalue weighted by molar-refractivity contribution is 5.59. The Kier molecular flexibility index (Phi) is 4.33. The fraction of sp³-hybridized carbons (Fsp3) is 0.727. The SMILES string of the molecule is CCc1nn(C)c(NCC2COCCO2)c1[N+](=O)[O-]. The van der Waals surface area contributed by atoms with E-state index in [0.717, 1.165) is 0 Å². The minimum absolute atomic E-state index is 0.0433. The van der Waals surface area contributed by atoms with E-state index in [2.05, 4.69) is 10.4 Å². The Morgan fingerprint density at radius 2 is 2.37 bits per heavy atom. The fourth-order valence-electron chi connectivity index (χ4n) is 2.06. The maximum Gasteiger partial charge on any atom is 0.333 e. The first-order chi connectivity index (χ1) is 9.13. The molecule has 8 nitrogen and oxygen atoms in total. The molecule has 2 rings (SSSR count). The Morgan fingerprint density at radius 3 is 2.95 bits per heavy atom. The largest absolute Gasteiger partial charge is 0.376 e. The molecule has 0 aliphatic carbocycles. The smallest absolute Gasteiger partial charge is 0.333 e. The minimum atomic E-state index is -0.396. The van der Waals surface area contributed by atoms with Crippen LogP contribution in [0.4, 0.5) is 11.5 Å². The van der Waals surface area contributed by atoms with Crippen molar-refractivity contribution in [1.82, 2.24) is 9.78 Å². The highest BCUT2D eigenvalue weighted by Gasteiger charge is 2.26. The molecule has 2 heterocycles. The minimum Gasteiger partial charge on any atom is -0.376 e. The van der Waals surface area contributed by atoms with Crippen LogP contribution in [0.2, 0.25) is 0 Å². The van der Waals surface area contributed by atoms with Crippen molar-refractivity contribution >= 4 is 11.5 Å². The number of rotatable bonds is 5. The maximum atomic E-state index is 11.1. The van der Waals surface area contributed by atoms with E-state index in [0.29, 0.717) is 44.3 Å². The third-order valence-corrected chi connectivity index (χ3v) is 2.99. The molecule has 0 spiro atoms. The van der Waals surface area contributed by atoms with Gasteiger partial charge in [-0.05, 0) is 6.42 Å². The number of ether oxygens (including phenoxy) is 2. The Balaban J connectivity index is 2.10. The van der Waals surface area contributed by atoms with E-state index in [1.165, 1.54) is 4.68 Å². The molecule has 0 amide bonds. The Morgan fingerprint density at radius 1 is 1.58 bits per heavy atom. The highest BCUT2D eigenvalue weighted by atomic mass is 16.6. The number of nitrogens with one attached hydrogen (secondary N) is 1. The summed E-state index contributed by atoms with van der Waals surface area (Å²) >= 11 is 0. The molecule has 1 saturated heterocycles. The summed E-state index contributed by atoms with van der Waals surface area (Å²) in [5.41, 5.74) is 0.526. The van der Waals surface area contributed by atoms with Crippen LogP contribution in [0.25, 0.3) is 0 Å². The summed E-state index contributed by atoms with van der Waals surface area (Å²) < 4.78 is 12.3. The summed E-state index contributed by atoms with van der Waals surface area (Å²) in [5, 5.41) is 18.3. The molecule has 1 aliphatic rings. The van der Waals surface area contributed by atoms with Gasteiger partial charge in [0.15, 0.2) is 0 Å². The average Bonchev–Trinajstić information content (AvgIpc) is 2.74. The van der Waals surface area contributed by atoms with Gasteiger partial charge in [-0.3, -0.25) is 10.1 Å². The van der Waals surface area contributed by atoms with Crippen molar-refractivity contribution in [2.45, 2.75) is 19.4 Å². The van der Waals surface area contributed by atoms with Crippen LogP contribution in [-0.2, 0) is 22.9 Å². The van der Waals surface area contributed by atoms with Gasteiger partial charge in [-0.25, -0.2) is 4.68 Å². The molecule has 1 aliphatic heterocycles. The van der Waals surface area contributed by atoms with Crippen molar-refractivity contribution in [3.63, 3.8) is 0 Å². The molecular weight excluding hydrogens is 252 g/mol. The van der Waals surface area contributed by atoms with E-state index >= 15 is 0 Å². The zero-order valence-corrected chi connectivity index (χ0v) is 11.1. The summed E-state index contributed by atoms with van der Waals surface area (Å²) in [5.74, 6) is 0.413. The molecule has 0 saturated carbocycles. The van der Waals surface area contributed by atoms with Gasteiger partial charge < -0.3 is 14.8 Å². The van der Waals surface area contributed by atoms with Gasteiger partial charge in [-0.1, -0.05) is 6.92 Å². The van der Waals surface area contributed by atoms with E-state index in [1.54, 1.807) is 7.05 Å². The lowest BCUT2D eigenvalue weighted by Gasteiger charge is -2.23. The summed E-state index contributed by atoms with van der Waals surface area (Å²) in [6, 6.07) is 0.